The number of carboxylic acid groups (broad SMARTS) is 3. The third kappa shape index (κ3) is 35.0. The SMILES string of the molecule is O=C(Cc1cccs1)N[C@H]1COCC2CC(=O)OB1O2.O=C(O)CC(O)COC[C@H](NC(=O)Cc1cccs1)B(O)O.O=C(O)CC(O)COC[C@H](NC(=O)Cc1cccs1)B1OC(=O)CC(COC[C@H](NC(=O)Cc2cccs2)B(O)O)O1.O=C(O)CC1COC[C@H](NC(=O)Cc2cccs2)B(O)O1. The van der Waals surface area contributed by atoms with Crippen LogP contribution in [0.15, 0.2) is 87.6 Å². The maximum atomic E-state index is 12.7. The van der Waals surface area contributed by atoms with Crippen LogP contribution in [-0.4, -0.2) is 272 Å². The lowest BCUT2D eigenvalue weighted by Crippen LogP contribution is -2.57. The van der Waals surface area contributed by atoms with E-state index in [-0.39, 0.29) is 128 Å². The van der Waals surface area contributed by atoms with Crippen molar-refractivity contribution >= 4 is 152 Å². The summed E-state index contributed by atoms with van der Waals surface area (Å²) in [4.78, 5) is 121. The van der Waals surface area contributed by atoms with Gasteiger partial charge in [-0.15, -0.1) is 56.7 Å². The van der Waals surface area contributed by atoms with E-state index in [1.54, 1.807) is 36.4 Å². The number of hydrogen-bond acceptors (Lipinski definition) is 32. The Hall–Kier alpha value is -7.08. The Morgan fingerprint density at radius 1 is 0.495 bits per heavy atom. The van der Waals surface area contributed by atoms with Gasteiger partial charge in [0.1, 0.15) is 11.9 Å². The van der Waals surface area contributed by atoms with Gasteiger partial charge in [-0.2, -0.15) is 0 Å². The molecular weight excluding hydrogens is 1490 g/mol. The summed E-state index contributed by atoms with van der Waals surface area (Å²) in [6, 6.07) is 18.3. The molecule has 45 heteroatoms. The van der Waals surface area contributed by atoms with Crippen LogP contribution in [0.4, 0.5) is 0 Å². The number of aliphatic hydroxyl groups is 2. The van der Waals surface area contributed by atoms with Crippen LogP contribution in [0.2, 0.25) is 0 Å². The molecular formula is C60H80B5N5O30S5. The van der Waals surface area contributed by atoms with E-state index in [1.165, 1.54) is 56.7 Å². The first-order valence-corrected chi connectivity index (χ1v) is 36.9. The molecule has 0 radical (unpaired) electrons. The molecule has 105 heavy (non-hydrogen) atoms. The van der Waals surface area contributed by atoms with E-state index < -0.39 is 144 Å². The van der Waals surface area contributed by atoms with Gasteiger partial charge in [0.15, 0.2) is 0 Å². The zero-order valence-corrected chi connectivity index (χ0v) is 60.2. The highest BCUT2D eigenvalue weighted by Gasteiger charge is 2.45. The molecule has 15 N–H and O–H groups in total. The number of carbonyl (C=O) groups excluding carboxylic acids is 7. The van der Waals surface area contributed by atoms with E-state index in [0.717, 1.165) is 24.4 Å². The van der Waals surface area contributed by atoms with Crippen molar-refractivity contribution in [2.75, 3.05) is 66.1 Å². The Morgan fingerprint density at radius 2 is 0.924 bits per heavy atom. The predicted octanol–water partition coefficient (Wildman–Crippen LogP) is -2.71. The van der Waals surface area contributed by atoms with E-state index in [1.807, 2.05) is 51.2 Å². The summed E-state index contributed by atoms with van der Waals surface area (Å²) >= 11 is 7.18. The largest absolute Gasteiger partial charge is 0.554 e. The molecule has 5 aromatic rings. The molecule has 10 atom stereocenters. The first-order chi connectivity index (χ1) is 50.2. The highest BCUT2D eigenvalue weighted by Crippen LogP contribution is 2.21. The fraction of sp³-hybridized carbons (Fsp3) is 0.500. The van der Waals surface area contributed by atoms with E-state index >= 15 is 0 Å². The van der Waals surface area contributed by atoms with E-state index in [9.17, 15) is 83.3 Å². The van der Waals surface area contributed by atoms with Crippen LogP contribution < -0.4 is 26.6 Å². The van der Waals surface area contributed by atoms with Crippen molar-refractivity contribution in [2.45, 2.75) is 124 Å². The normalized spacial score (nSPS) is 19.1. The van der Waals surface area contributed by atoms with Crippen LogP contribution >= 0.6 is 56.7 Å². The number of ether oxygens (including phenoxy) is 5. The minimum Gasteiger partial charge on any atom is -0.508 e. The first-order valence-electron chi connectivity index (χ1n) is 32.5. The number of aliphatic carboxylic acids is 3. The molecule has 0 aliphatic carbocycles. The quantitative estimate of drug-likeness (QED) is 0.0181. The lowest BCUT2D eigenvalue weighted by atomic mass is 9.76. The van der Waals surface area contributed by atoms with Gasteiger partial charge in [-0.05, 0) is 57.2 Å². The Morgan fingerprint density at radius 3 is 1.38 bits per heavy atom. The molecule has 9 rings (SSSR count). The van der Waals surface area contributed by atoms with Crippen LogP contribution in [0.3, 0.4) is 0 Å². The molecule has 0 saturated carbocycles. The molecule has 2 bridgehead atoms. The molecule has 570 valence electrons. The number of thiophene rings is 5. The molecule has 5 unspecified atom stereocenters. The number of aliphatic hydroxyl groups excluding tert-OH is 2. The molecule has 35 nitrogen and oxygen atoms in total. The third-order valence-corrected chi connectivity index (χ3v) is 18.9. The summed E-state index contributed by atoms with van der Waals surface area (Å²) in [5.41, 5.74) is 0. The van der Waals surface area contributed by atoms with Crippen molar-refractivity contribution < 1.29 is 146 Å². The van der Waals surface area contributed by atoms with Crippen LogP contribution in [0, 0.1) is 0 Å². The van der Waals surface area contributed by atoms with Gasteiger partial charge in [0, 0.05) is 24.4 Å². The lowest BCUT2D eigenvalue weighted by Gasteiger charge is -2.32. The molecule has 0 aromatic carbocycles. The minimum absolute atomic E-state index is 0.0477. The standard InChI is InChI=1S/C24H32B2N2O12S2.C12H18BNO7S.C12H16BNO6S.C12H14BNO5S/c29-15(7-23(32)33)11-37-14-20(28-22(31)10-18-4-2-6-42-18)26-39-16(8-24(34)40-26)12-38-13-19(25(35)36)27-21(30)9-17-3-1-5-41-17;15-8(4-12(17)18)6-21-7-10(13(19)20)14-11(16)5-9-2-1-3-22-9;15-11(5-9-2-1-3-21-9)14-10-7-19-6-8(4-12(16)17)20-13(10)18;15-11(5-9-2-1-3-20-9)14-10-7-17-6-8-4-12(16)19-13(10)18-8/h1-6,15-16,19-20,29,35-36H,7-14H2,(H,27,30)(H,28,31)(H,32,33);1-3,8,10,15,19-20H,4-7H2,(H,14,16)(H,17,18);1-3,8,10,18H,4-7H2,(H,14,15)(H,16,17);1-3,8,10H,4-7H2,(H,14,15)/t15?,16?,19-,20-;3*8?,10-/m0000/s1. The van der Waals surface area contributed by atoms with Crippen LogP contribution in [0.25, 0.3) is 0 Å². The summed E-state index contributed by atoms with van der Waals surface area (Å²) in [6.45, 7) is -0.849. The molecule has 4 aliphatic heterocycles. The minimum atomic E-state index is -1.90. The number of amides is 5. The zero-order chi connectivity index (χ0) is 76.2. The van der Waals surface area contributed by atoms with Gasteiger partial charge in [0.25, 0.3) is 11.9 Å². The van der Waals surface area contributed by atoms with Crippen LogP contribution in [0.5, 0.6) is 0 Å². The van der Waals surface area contributed by atoms with Crippen molar-refractivity contribution in [3.63, 3.8) is 0 Å². The fourth-order valence-corrected chi connectivity index (χ4v) is 13.2. The number of nitrogens with one attached hydrogen (secondary N) is 5. The summed E-state index contributed by atoms with van der Waals surface area (Å²) in [6.07, 6.45) is -4.85. The van der Waals surface area contributed by atoms with Crippen molar-refractivity contribution in [2.24, 2.45) is 0 Å². The van der Waals surface area contributed by atoms with Crippen LogP contribution in [-0.2, 0) is 127 Å². The number of fused-ring (bicyclic) bond motifs is 2. The van der Waals surface area contributed by atoms with Crippen molar-refractivity contribution in [3.8, 4) is 0 Å². The van der Waals surface area contributed by atoms with Crippen molar-refractivity contribution in [1.82, 2.24) is 26.6 Å². The van der Waals surface area contributed by atoms with Crippen molar-refractivity contribution in [1.29, 1.82) is 0 Å². The topological polar surface area (TPSA) is 525 Å². The van der Waals surface area contributed by atoms with E-state index in [0.29, 0.717) is 13.0 Å². The smallest absolute Gasteiger partial charge is 0.508 e. The zero-order valence-electron chi connectivity index (χ0n) is 56.1. The molecule has 0 spiro atoms. The highest BCUT2D eigenvalue weighted by atomic mass is 32.1. The second-order valence-corrected chi connectivity index (χ2v) is 28.7. The molecule has 4 aliphatic rings. The molecule has 4 fully saturated rings. The molecule has 4 saturated heterocycles. The number of rotatable bonds is 36. The Labute approximate surface area is 622 Å². The summed E-state index contributed by atoms with van der Waals surface area (Å²) < 4.78 is 53.7. The van der Waals surface area contributed by atoms with Gasteiger partial charge in [-0.25, -0.2) is 0 Å². The van der Waals surface area contributed by atoms with Gasteiger partial charge in [0.05, 0.1) is 179 Å². The summed E-state index contributed by atoms with van der Waals surface area (Å²) in [5, 5.41) is 115. The fourth-order valence-electron chi connectivity index (χ4n) is 9.73. The molecule has 9 heterocycles. The van der Waals surface area contributed by atoms with Gasteiger partial charge < -0.3 is 124 Å². The lowest BCUT2D eigenvalue weighted by molar-refractivity contribution is -0.146. The molecule has 5 amide bonds. The van der Waals surface area contributed by atoms with E-state index in [2.05, 4.69) is 26.6 Å². The van der Waals surface area contributed by atoms with Crippen LogP contribution in [0.1, 0.15) is 56.5 Å². The van der Waals surface area contributed by atoms with Gasteiger partial charge >= 0.3 is 53.5 Å². The van der Waals surface area contributed by atoms with E-state index in [4.69, 9.17) is 62.3 Å². The Bertz CT molecular complexity index is 3430. The van der Waals surface area contributed by atoms with Gasteiger partial charge in [0.2, 0.25) is 29.5 Å². The molecule has 5 aromatic heterocycles. The van der Waals surface area contributed by atoms with Gasteiger partial charge in [-0.3, -0.25) is 47.9 Å². The average Bonchev–Trinajstić information content (AvgIpc) is 1.21. The number of carbonyl (C=O) groups is 10. The number of carboxylic acids is 3. The summed E-state index contributed by atoms with van der Waals surface area (Å²) in [7, 11) is -7.07. The third-order valence-electron chi connectivity index (χ3n) is 14.5. The Balaban J connectivity index is 0.000000233. The highest BCUT2D eigenvalue weighted by molar-refractivity contribution is 7.11. The monoisotopic (exact) mass is 1570 g/mol. The second kappa shape index (κ2) is 46.9. The maximum absolute atomic E-state index is 12.7. The summed E-state index contributed by atoms with van der Waals surface area (Å²) in [5.74, 6) is -10.4. The first kappa shape index (κ1) is 86.8. The van der Waals surface area contributed by atoms with Crippen molar-refractivity contribution in [3.05, 3.63) is 112 Å². The average molecular weight is 1570 g/mol. The second-order valence-electron chi connectivity index (χ2n) is 23.6. The predicted molar refractivity (Wildman–Crippen MR) is 379 cm³/mol. The van der Waals surface area contributed by atoms with Gasteiger partial charge in [-0.1, -0.05) is 30.3 Å². The maximum Gasteiger partial charge on any atom is 0.554 e. The Kier molecular flexibility index (Phi) is 38.8. The number of hydrogen-bond donors (Lipinski definition) is 15.